The molecule has 1 amide bonds. The Kier molecular flexibility index (Phi) is 35.4. The maximum Gasteiger partial charge on any atom is 0.220 e. The molecule has 2 fully saturated rings. The van der Waals surface area contributed by atoms with Gasteiger partial charge in [0.1, 0.15) is 48.8 Å². The topological polar surface area (TPSA) is 228 Å². The lowest BCUT2D eigenvalue weighted by molar-refractivity contribution is -0.359. The van der Waals surface area contributed by atoms with Crippen molar-refractivity contribution in [3.63, 3.8) is 0 Å². The van der Waals surface area contributed by atoms with Crippen LogP contribution >= 0.6 is 0 Å². The highest BCUT2D eigenvalue weighted by molar-refractivity contribution is 5.76. The Balaban J connectivity index is 1.74. The predicted molar refractivity (Wildman–Crippen MR) is 263 cm³/mol. The van der Waals surface area contributed by atoms with Crippen molar-refractivity contribution in [3.8, 4) is 0 Å². The molecule has 2 aliphatic heterocycles. The van der Waals surface area contributed by atoms with Gasteiger partial charge in [0.2, 0.25) is 5.91 Å². The van der Waals surface area contributed by atoms with Gasteiger partial charge in [-0.2, -0.15) is 0 Å². The van der Waals surface area contributed by atoms with E-state index in [9.17, 15) is 45.6 Å². The first-order valence-electron chi connectivity index (χ1n) is 25.7. The molecule has 12 unspecified atom stereocenters. The maximum atomic E-state index is 13.2. The van der Waals surface area contributed by atoms with Gasteiger partial charge in [0.15, 0.2) is 12.6 Å². The lowest BCUT2D eigenvalue weighted by Gasteiger charge is -2.46. The van der Waals surface area contributed by atoms with Gasteiger partial charge in [-0.1, -0.05) is 164 Å². The van der Waals surface area contributed by atoms with Crippen molar-refractivity contribution in [1.29, 1.82) is 0 Å². The standard InChI is InChI=1S/C53H91NO13/c1-3-5-7-9-11-13-14-15-16-17-18-19-20-21-22-23-24-25-26-27-28-29-31-33-35-37-45(58)54-41(42(57)36-34-32-30-12-10-8-6-4-2)40-64-52-50(63)48(61)51(44(39-56)66-52)67-53-49(62)47(60)46(59)43(38-55)65-53/h5,7,11,13,15-16,18-19,21-22,24-25,41-44,46-53,55-57,59-63H,3-4,6,8-10,12,14,17,20,23,26-40H2,1-2H3,(H,54,58)/b7-5-,13-11-,16-15-,19-18-,22-21-,25-24-. The van der Waals surface area contributed by atoms with E-state index in [1.807, 2.05) is 0 Å². The number of nitrogens with one attached hydrogen (secondary N) is 1. The molecule has 2 rings (SSSR count). The van der Waals surface area contributed by atoms with Gasteiger partial charge in [0.25, 0.3) is 0 Å². The number of aliphatic hydroxyl groups excluding tert-OH is 8. The van der Waals surface area contributed by atoms with Gasteiger partial charge < -0.3 is 65.1 Å². The van der Waals surface area contributed by atoms with E-state index in [1.54, 1.807) is 0 Å². The molecule has 14 heteroatoms. The van der Waals surface area contributed by atoms with Crippen LogP contribution in [0.4, 0.5) is 0 Å². The second kappa shape index (κ2) is 39.2. The molecular weight excluding hydrogens is 859 g/mol. The highest BCUT2D eigenvalue weighted by Crippen LogP contribution is 2.30. The lowest BCUT2D eigenvalue weighted by atomic mass is 9.97. The highest BCUT2D eigenvalue weighted by Gasteiger charge is 2.51. The fourth-order valence-electron chi connectivity index (χ4n) is 8.00. The van der Waals surface area contributed by atoms with E-state index in [4.69, 9.17) is 18.9 Å². The fourth-order valence-corrected chi connectivity index (χ4v) is 8.00. The number of aliphatic hydroxyl groups is 8. The molecule has 12 atom stereocenters. The minimum atomic E-state index is -1.79. The van der Waals surface area contributed by atoms with E-state index in [2.05, 4.69) is 92.1 Å². The van der Waals surface area contributed by atoms with E-state index < -0.39 is 86.8 Å². The Morgan fingerprint density at radius 3 is 1.58 bits per heavy atom. The summed E-state index contributed by atoms with van der Waals surface area (Å²) >= 11 is 0. The third-order valence-electron chi connectivity index (χ3n) is 12.2. The van der Waals surface area contributed by atoms with Gasteiger partial charge in [0, 0.05) is 6.42 Å². The molecule has 0 bridgehead atoms. The zero-order valence-corrected chi connectivity index (χ0v) is 40.9. The van der Waals surface area contributed by atoms with Gasteiger partial charge in [-0.25, -0.2) is 0 Å². The van der Waals surface area contributed by atoms with Crippen molar-refractivity contribution in [1.82, 2.24) is 5.32 Å². The molecule has 2 aliphatic rings. The second-order valence-corrected chi connectivity index (χ2v) is 17.9. The molecule has 0 aromatic rings. The number of allylic oxidation sites excluding steroid dienone is 12. The SMILES string of the molecule is CC/C=C\C/C=C\C/C=C\C/C=C\C/C=C\C/C=C\CCCCCCCCC(=O)NC(COC1OC(CO)C(OC2OC(CO)C(O)C(O)C2O)C(O)C1O)C(O)CCCCCCCCCC. The molecule has 9 N–H and O–H groups in total. The molecule has 0 radical (unpaired) electrons. The fraction of sp³-hybridized carbons (Fsp3) is 0.755. The predicted octanol–water partition coefficient (Wildman–Crippen LogP) is 6.82. The van der Waals surface area contributed by atoms with Crippen LogP contribution in [-0.4, -0.2) is 140 Å². The summed E-state index contributed by atoms with van der Waals surface area (Å²) in [6, 6.07) is -0.838. The quantitative estimate of drug-likeness (QED) is 0.0229. The average Bonchev–Trinajstić information content (AvgIpc) is 3.32. The number of hydrogen-bond acceptors (Lipinski definition) is 13. The van der Waals surface area contributed by atoms with Crippen LogP contribution in [-0.2, 0) is 23.7 Å². The van der Waals surface area contributed by atoms with Crippen LogP contribution in [0.1, 0.15) is 162 Å². The number of ether oxygens (including phenoxy) is 4. The number of carbonyl (C=O) groups excluding carboxylic acids is 1. The van der Waals surface area contributed by atoms with Crippen LogP contribution in [0.15, 0.2) is 72.9 Å². The highest BCUT2D eigenvalue weighted by atomic mass is 16.7. The van der Waals surface area contributed by atoms with E-state index >= 15 is 0 Å². The number of unbranched alkanes of at least 4 members (excludes halogenated alkanes) is 13. The Morgan fingerprint density at radius 2 is 1.03 bits per heavy atom. The van der Waals surface area contributed by atoms with E-state index in [0.29, 0.717) is 12.8 Å². The zero-order valence-electron chi connectivity index (χ0n) is 40.9. The Bertz CT molecular complexity index is 1400. The molecule has 386 valence electrons. The van der Waals surface area contributed by atoms with Gasteiger partial charge in [0.05, 0.1) is 32.0 Å². The molecular formula is C53H91NO13. The summed E-state index contributed by atoms with van der Waals surface area (Å²) < 4.78 is 22.7. The third-order valence-corrected chi connectivity index (χ3v) is 12.2. The number of rotatable bonds is 38. The number of carbonyl (C=O) groups is 1. The van der Waals surface area contributed by atoms with Gasteiger partial charge in [-0.3, -0.25) is 4.79 Å². The molecule has 2 saturated heterocycles. The largest absolute Gasteiger partial charge is 0.394 e. The third kappa shape index (κ3) is 26.3. The van der Waals surface area contributed by atoms with Crippen LogP contribution in [0, 0.1) is 0 Å². The van der Waals surface area contributed by atoms with Gasteiger partial charge in [-0.15, -0.1) is 0 Å². The molecule has 67 heavy (non-hydrogen) atoms. The lowest BCUT2D eigenvalue weighted by Crippen LogP contribution is -2.65. The first-order valence-corrected chi connectivity index (χ1v) is 25.7. The van der Waals surface area contributed by atoms with Gasteiger partial charge >= 0.3 is 0 Å². The average molecular weight is 950 g/mol. The second-order valence-electron chi connectivity index (χ2n) is 17.9. The summed E-state index contributed by atoms with van der Waals surface area (Å²) in [6.45, 7) is 2.66. The van der Waals surface area contributed by atoms with Gasteiger partial charge in [-0.05, 0) is 64.2 Å². The number of amides is 1. The molecule has 0 aliphatic carbocycles. The molecule has 0 saturated carbocycles. The Morgan fingerprint density at radius 1 is 0.552 bits per heavy atom. The monoisotopic (exact) mass is 950 g/mol. The zero-order chi connectivity index (χ0) is 48.9. The van der Waals surface area contributed by atoms with Crippen molar-refractivity contribution in [2.24, 2.45) is 0 Å². The first kappa shape index (κ1) is 60.6. The first-order chi connectivity index (χ1) is 32.6. The van der Waals surface area contributed by atoms with Crippen molar-refractivity contribution >= 4 is 5.91 Å². The molecule has 0 aromatic carbocycles. The molecule has 0 aromatic heterocycles. The minimum absolute atomic E-state index is 0.229. The summed E-state index contributed by atoms with van der Waals surface area (Å²) in [5.74, 6) is -0.229. The van der Waals surface area contributed by atoms with Crippen LogP contribution in [0.5, 0.6) is 0 Å². The molecule has 14 nitrogen and oxygen atoms in total. The summed E-state index contributed by atoms with van der Waals surface area (Å²) in [5, 5.41) is 86.6. The number of hydrogen-bond donors (Lipinski definition) is 9. The normalized spacial score (nSPS) is 27.2. The van der Waals surface area contributed by atoms with Crippen LogP contribution in [0.3, 0.4) is 0 Å². The van der Waals surface area contributed by atoms with Crippen molar-refractivity contribution in [3.05, 3.63) is 72.9 Å². The van der Waals surface area contributed by atoms with E-state index in [0.717, 1.165) is 103 Å². The van der Waals surface area contributed by atoms with E-state index in [-0.39, 0.29) is 18.9 Å². The summed E-state index contributed by atoms with van der Waals surface area (Å²) in [5.41, 5.74) is 0. The van der Waals surface area contributed by atoms with Crippen LogP contribution in [0.2, 0.25) is 0 Å². The smallest absolute Gasteiger partial charge is 0.220 e. The molecule has 2 heterocycles. The summed E-state index contributed by atoms with van der Waals surface area (Å²) in [7, 11) is 0. The van der Waals surface area contributed by atoms with Crippen molar-refractivity contribution < 1.29 is 64.6 Å². The summed E-state index contributed by atoms with van der Waals surface area (Å²) in [6.07, 6.45) is 32.1. The Labute approximate surface area is 402 Å². The van der Waals surface area contributed by atoms with Crippen molar-refractivity contribution in [2.75, 3.05) is 19.8 Å². The van der Waals surface area contributed by atoms with Crippen molar-refractivity contribution in [2.45, 2.75) is 235 Å². The van der Waals surface area contributed by atoms with Crippen LogP contribution in [0.25, 0.3) is 0 Å². The summed E-state index contributed by atoms with van der Waals surface area (Å²) in [4.78, 5) is 13.2. The van der Waals surface area contributed by atoms with E-state index in [1.165, 1.54) is 25.7 Å². The van der Waals surface area contributed by atoms with Crippen LogP contribution < -0.4 is 5.32 Å². The Hall–Kier alpha value is -2.57. The minimum Gasteiger partial charge on any atom is -0.394 e. The molecule has 0 spiro atoms. The maximum absolute atomic E-state index is 13.2.